The first-order valence-electron chi connectivity index (χ1n) is 3.46. The van der Waals surface area contributed by atoms with Gasteiger partial charge in [0.15, 0.2) is 0 Å². The molecule has 0 bridgehead atoms. The van der Waals surface area contributed by atoms with Gasteiger partial charge in [-0.1, -0.05) is 30.3 Å². The Morgan fingerprint density at radius 1 is 1.33 bits per heavy atom. The van der Waals surface area contributed by atoms with Gasteiger partial charge < -0.3 is 9.29 Å². The molecule has 1 atom stereocenters. The maximum atomic E-state index is 10.1. The second-order valence-electron chi connectivity index (χ2n) is 2.26. The predicted molar refractivity (Wildman–Crippen MR) is 45.0 cm³/mol. The highest BCUT2D eigenvalue weighted by molar-refractivity contribution is 7.78. The number of benzene rings is 1. The van der Waals surface area contributed by atoms with E-state index in [2.05, 4.69) is 0 Å². The largest absolute Gasteiger partial charge is 0.771 e. The van der Waals surface area contributed by atoms with Gasteiger partial charge in [0.2, 0.25) is 0 Å². The summed E-state index contributed by atoms with van der Waals surface area (Å²) in [5.74, 6) is -0.241. The summed E-state index contributed by atoms with van der Waals surface area (Å²) in [5, 5.41) is 0. The first kappa shape index (κ1) is 9.38. The van der Waals surface area contributed by atoms with Crippen LogP contribution in [0.3, 0.4) is 0 Å². The molecule has 0 radical (unpaired) electrons. The van der Waals surface area contributed by atoms with Gasteiger partial charge >= 0.3 is 0 Å². The van der Waals surface area contributed by atoms with Crippen LogP contribution in [-0.2, 0) is 22.4 Å². The summed E-state index contributed by atoms with van der Waals surface area (Å²) in [4.78, 5) is 0. The van der Waals surface area contributed by atoms with Crippen molar-refractivity contribution in [3.63, 3.8) is 0 Å². The summed E-state index contributed by atoms with van der Waals surface area (Å²) < 4.78 is 25.0. The summed E-state index contributed by atoms with van der Waals surface area (Å²) in [5.41, 5.74) is 0.975. The molecule has 12 heavy (non-hydrogen) atoms. The van der Waals surface area contributed by atoms with E-state index >= 15 is 0 Å². The fourth-order valence-corrected chi connectivity index (χ4v) is 1.02. The van der Waals surface area contributed by atoms with Crippen molar-refractivity contribution in [2.45, 2.75) is 6.61 Å². The first-order chi connectivity index (χ1) is 5.79. The molecule has 1 unspecified atom stereocenters. The number of ether oxygens (including phenoxy) is 1. The van der Waals surface area contributed by atoms with Crippen LogP contribution < -0.4 is 0 Å². The standard InChI is InChI=1S/C8H10O3S/c9-12(10)7-11-6-8-4-2-1-3-5-8/h1-5H,6-7H2,(H,9,10)/p-1. The minimum Gasteiger partial charge on any atom is -0.771 e. The molecular weight excluding hydrogens is 176 g/mol. The van der Waals surface area contributed by atoms with Crippen molar-refractivity contribution in [1.82, 2.24) is 0 Å². The molecule has 0 fully saturated rings. The summed E-state index contributed by atoms with van der Waals surface area (Å²) in [6.45, 7) is 0.342. The Balaban J connectivity index is 2.29. The Hall–Kier alpha value is -0.710. The van der Waals surface area contributed by atoms with Crippen LogP contribution in [0, 0.1) is 0 Å². The molecule has 0 saturated carbocycles. The molecule has 1 rings (SSSR count). The lowest BCUT2D eigenvalue weighted by molar-refractivity contribution is 0.161. The van der Waals surface area contributed by atoms with Crippen molar-refractivity contribution in [2.24, 2.45) is 0 Å². The Bertz CT molecular complexity index is 248. The van der Waals surface area contributed by atoms with Crippen LogP contribution in [0.4, 0.5) is 0 Å². The fourth-order valence-electron chi connectivity index (χ4n) is 0.802. The molecule has 0 aliphatic carbocycles. The highest BCUT2D eigenvalue weighted by atomic mass is 32.2. The molecule has 1 aromatic carbocycles. The van der Waals surface area contributed by atoms with Gasteiger partial charge in [0.05, 0.1) is 6.61 Å². The van der Waals surface area contributed by atoms with Crippen LogP contribution in [0.2, 0.25) is 0 Å². The van der Waals surface area contributed by atoms with Gasteiger partial charge in [0, 0.05) is 0 Å². The van der Waals surface area contributed by atoms with Crippen molar-refractivity contribution in [2.75, 3.05) is 5.94 Å². The maximum absolute atomic E-state index is 10.1. The Morgan fingerprint density at radius 2 is 2.00 bits per heavy atom. The quantitative estimate of drug-likeness (QED) is 0.658. The van der Waals surface area contributed by atoms with E-state index in [1.54, 1.807) is 0 Å². The van der Waals surface area contributed by atoms with Crippen LogP contribution >= 0.6 is 0 Å². The third-order valence-corrected chi connectivity index (χ3v) is 1.65. The number of hydrogen-bond donors (Lipinski definition) is 0. The van der Waals surface area contributed by atoms with Gasteiger partial charge in [-0.2, -0.15) is 0 Å². The minimum absolute atomic E-state index is 0.241. The summed E-state index contributed by atoms with van der Waals surface area (Å²) >= 11 is -2.11. The van der Waals surface area contributed by atoms with Gasteiger partial charge in [-0.05, 0) is 16.6 Å². The van der Waals surface area contributed by atoms with E-state index < -0.39 is 11.1 Å². The van der Waals surface area contributed by atoms with E-state index in [9.17, 15) is 8.76 Å². The molecule has 4 heteroatoms. The highest BCUT2D eigenvalue weighted by Crippen LogP contribution is 1.99. The SMILES string of the molecule is O=S([O-])COCc1ccccc1. The Morgan fingerprint density at radius 3 is 2.58 bits per heavy atom. The second-order valence-corrected chi connectivity index (χ2v) is 3.10. The zero-order valence-corrected chi connectivity index (χ0v) is 7.25. The highest BCUT2D eigenvalue weighted by Gasteiger charge is 1.90. The average Bonchev–Trinajstić information content (AvgIpc) is 2.05. The lowest BCUT2D eigenvalue weighted by Crippen LogP contribution is -2.00. The molecule has 1 aromatic rings. The molecule has 0 heterocycles. The third kappa shape index (κ3) is 3.61. The lowest BCUT2D eigenvalue weighted by atomic mass is 10.2. The summed E-state index contributed by atoms with van der Waals surface area (Å²) in [6.07, 6.45) is 0. The summed E-state index contributed by atoms with van der Waals surface area (Å²) in [7, 11) is 0. The van der Waals surface area contributed by atoms with E-state index in [0.29, 0.717) is 6.61 Å². The second kappa shape index (κ2) is 5.03. The van der Waals surface area contributed by atoms with E-state index in [1.807, 2.05) is 30.3 Å². The predicted octanol–water partition coefficient (Wildman–Crippen LogP) is 1.04. The molecule has 0 amide bonds. The van der Waals surface area contributed by atoms with Crippen LogP contribution in [0.25, 0.3) is 0 Å². The minimum atomic E-state index is -2.11. The van der Waals surface area contributed by atoms with Crippen LogP contribution in [0.5, 0.6) is 0 Å². The van der Waals surface area contributed by atoms with Crippen LogP contribution in [0.15, 0.2) is 30.3 Å². The third-order valence-electron chi connectivity index (χ3n) is 1.29. The van der Waals surface area contributed by atoms with E-state index in [0.717, 1.165) is 5.56 Å². The zero-order chi connectivity index (χ0) is 8.81. The molecule has 0 aliphatic heterocycles. The summed E-state index contributed by atoms with van der Waals surface area (Å²) in [6, 6.07) is 9.43. The maximum Gasteiger partial charge on any atom is 0.109 e. The van der Waals surface area contributed by atoms with E-state index in [4.69, 9.17) is 4.74 Å². The van der Waals surface area contributed by atoms with E-state index in [1.165, 1.54) is 0 Å². The van der Waals surface area contributed by atoms with Crippen LogP contribution in [0.1, 0.15) is 5.56 Å². The topological polar surface area (TPSA) is 49.4 Å². The zero-order valence-electron chi connectivity index (χ0n) is 6.43. The van der Waals surface area contributed by atoms with Crippen LogP contribution in [-0.4, -0.2) is 14.7 Å². The lowest BCUT2D eigenvalue weighted by Gasteiger charge is -2.05. The smallest absolute Gasteiger partial charge is 0.109 e. The number of rotatable bonds is 4. The molecule has 3 nitrogen and oxygen atoms in total. The molecule has 0 spiro atoms. The van der Waals surface area contributed by atoms with Gasteiger partial charge in [0.25, 0.3) is 0 Å². The molecule has 0 aliphatic rings. The van der Waals surface area contributed by atoms with Gasteiger partial charge in [0.1, 0.15) is 5.94 Å². The van der Waals surface area contributed by atoms with Crippen molar-refractivity contribution in [3.8, 4) is 0 Å². The molecule has 0 saturated heterocycles. The first-order valence-corrected chi connectivity index (χ1v) is 4.71. The van der Waals surface area contributed by atoms with Gasteiger partial charge in [-0.3, -0.25) is 4.21 Å². The molecule has 0 aromatic heterocycles. The fraction of sp³-hybridized carbons (Fsp3) is 0.250. The van der Waals surface area contributed by atoms with E-state index in [-0.39, 0.29) is 5.94 Å². The normalized spacial score (nSPS) is 12.8. The monoisotopic (exact) mass is 185 g/mol. The molecule has 66 valence electrons. The van der Waals surface area contributed by atoms with Gasteiger partial charge in [-0.15, -0.1) is 0 Å². The van der Waals surface area contributed by atoms with Crippen molar-refractivity contribution in [1.29, 1.82) is 0 Å². The molecule has 0 N–H and O–H groups in total. The Kier molecular flexibility index (Phi) is 3.93. The van der Waals surface area contributed by atoms with Crippen molar-refractivity contribution in [3.05, 3.63) is 35.9 Å². The molecular formula is C8H9O3S-. The average molecular weight is 185 g/mol. The van der Waals surface area contributed by atoms with Crippen molar-refractivity contribution >= 4 is 11.1 Å². The van der Waals surface area contributed by atoms with Crippen molar-refractivity contribution < 1.29 is 13.5 Å². The van der Waals surface area contributed by atoms with Gasteiger partial charge in [-0.25, -0.2) is 0 Å². The number of hydrogen-bond acceptors (Lipinski definition) is 3. The Labute approximate surface area is 73.7 Å².